The molecule has 12 aromatic rings. The van der Waals surface area contributed by atoms with Gasteiger partial charge in [0.2, 0.25) is 0 Å². The topological polar surface area (TPSA) is 59.3 Å². The van der Waals surface area contributed by atoms with Crippen molar-refractivity contribution in [3.63, 3.8) is 0 Å². The number of para-hydroxylation sites is 1. The van der Waals surface area contributed by atoms with Crippen LogP contribution in [-0.2, 0) is 31.9 Å². The third-order valence-corrected chi connectivity index (χ3v) is 15.3. The van der Waals surface area contributed by atoms with Crippen molar-refractivity contribution in [2.75, 3.05) is 9.80 Å². The van der Waals surface area contributed by atoms with Crippen molar-refractivity contribution in [1.82, 2.24) is 19.5 Å². The SMILES string of the molecule is CC(C)(C)c1cc(Oc2[c-]c3c(cc2)c2sc4ccc5ccccc5c4c2n3-c2ccccn2)[c-]c(N2[CH-]N(c3c(-c4cccc(-c5ccccc5)c4)cccc3-c3cccc(C(C)(C)C)c3)c3nccnc32)c1.[Pt]. The Morgan fingerprint density at radius 3 is 1.96 bits per heavy atom. The number of pyridine rings is 1. The monoisotopic (exact) mass is 1170 g/mol. The number of nitrogens with zero attached hydrogens (tertiary/aromatic N) is 6. The first-order valence-corrected chi connectivity index (χ1v) is 25.9. The summed E-state index contributed by atoms with van der Waals surface area (Å²) in [7, 11) is 0. The van der Waals surface area contributed by atoms with Crippen LogP contribution in [0.2, 0.25) is 0 Å². The van der Waals surface area contributed by atoms with Gasteiger partial charge in [0, 0.05) is 82.8 Å². The molecule has 0 saturated carbocycles. The molecule has 75 heavy (non-hydrogen) atoms. The summed E-state index contributed by atoms with van der Waals surface area (Å²) in [5.41, 5.74) is 12.5. The van der Waals surface area contributed by atoms with Gasteiger partial charge in [0.05, 0.1) is 5.52 Å². The molecule has 9 heteroatoms. The molecule has 0 saturated heterocycles. The van der Waals surface area contributed by atoms with E-state index in [4.69, 9.17) is 19.7 Å². The fourth-order valence-corrected chi connectivity index (χ4v) is 11.6. The minimum Gasteiger partial charge on any atom is -0.509 e. The van der Waals surface area contributed by atoms with E-state index in [2.05, 4.69) is 232 Å². The molecule has 0 radical (unpaired) electrons. The van der Waals surface area contributed by atoms with Gasteiger partial charge < -0.3 is 19.1 Å². The van der Waals surface area contributed by atoms with Crippen molar-refractivity contribution >= 4 is 76.3 Å². The molecule has 5 heterocycles. The second-order valence-corrected chi connectivity index (χ2v) is 22.1. The van der Waals surface area contributed by atoms with Gasteiger partial charge in [-0.15, -0.1) is 53.9 Å². The predicted molar refractivity (Wildman–Crippen MR) is 306 cm³/mol. The van der Waals surface area contributed by atoms with Gasteiger partial charge in [-0.3, -0.25) is 0 Å². The Bertz CT molecular complexity index is 4140. The molecule has 1 aliphatic heterocycles. The third-order valence-electron chi connectivity index (χ3n) is 14.1. The molecule has 0 aliphatic carbocycles. The van der Waals surface area contributed by atoms with Crippen molar-refractivity contribution in [2.45, 2.75) is 52.4 Å². The Morgan fingerprint density at radius 1 is 0.520 bits per heavy atom. The predicted octanol–water partition coefficient (Wildman–Crippen LogP) is 17.7. The minimum absolute atomic E-state index is 0. The molecular weight excluding hydrogens is 1120 g/mol. The summed E-state index contributed by atoms with van der Waals surface area (Å²) in [6.45, 7) is 15.6. The number of anilines is 4. The van der Waals surface area contributed by atoms with Gasteiger partial charge in [-0.2, -0.15) is 6.07 Å². The van der Waals surface area contributed by atoms with Gasteiger partial charge in [-0.05, 0) is 73.7 Å². The molecule has 0 fully saturated rings. The van der Waals surface area contributed by atoms with E-state index in [9.17, 15) is 0 Å². The molecule has 0 atom stereocenters. The number of thiophene rings is 1. The molecule has 4 aromatic heterocycles. The van der Waals surface area contributed by atoms with Gasteiger partial charge in [0.25, 0.3) is 0 Å². The van der Waals surface area contributed by atoms with E-state index in [0.29, 0.717) is 23.1 Å². The van der Waals surface area contributed by atoms with E-state index >= 15 is 0 Å². The Kier molecular flexibility index (Phi) is 12.0. The average molecular weight is 1170 g/mol. The number of hydrogen-bond donors (Lipinski definition) is 0. The van der Waals surface area contributed by atoms with Crippen LogP contribution >= 0.6 is 11.3 Å². The van der Waals surface area contributed by atoms with Crippen LogP contribution in [0.25, 0.3) is 81.2 Å². The molecule has 8 aromatic carbocycles. The van der Waals surface area contributed by atoms with E-state index < -0.39 is 0 Å². The molecule has 0 spiro atoms. The molecule has 0 amide bonds. The molecule has 1 aliphatic rings. The molecule has 7 nitrogen and oxygen atoms in total. The van der Waals surface area contributed by atoms with Crippen molar-refractivity contribution in [1.29, 1.82) is 0 Å². The molecular formula is C66H51N6OPtS-3. The first-order chi connectivity index (χ1) is 35.9. The Labute approximate surface area is 456 Å². The number of hydrogen-bond acceptors (Lipinski definition) is 7. The van der Waals surface area contributed by atoms with E-state index in [1.54, 1.807) is 23.7 Å². The second-order valence-electron chi connectivity index (χ2n) is 21.1. The minimum atomic E-state index is -0.246. The van der Waals surface area contributed by atoms with Gasteiger partial charge >= 0.3 is 0 Å². The first-order valence-electron chi connectivity index (χ1n) is 25.1. The summed E-state index contributed by atoms with van der Waals surface area (Å²) >= 11 is 1.81. The maximum Gasteiger partial charge on any atom is 0.145 e. The summed E-state index contributed by atoms with van der Waals surface area (Å²) in [6, 6.07) is 69.9. The number of aromatic nitrogens is 4. The Morgan fingerprint density at radius 2 is 1.20 bits per heavy atom. The van der Waals surface area contributed by atoms with Crippen molar-refractivity contribution < 1.29 is 25.8 Å². The number of benzene rings is 8. The van der Waals surface area contributed by atoms with Gasteiger partial charge in [-0.1, -0.05) is 186 Å². The number of fused-ring (bicyclic) bond motifs is 8. The van der Waals surface area contributed by atoms with Crippen LogP contribution in [0.1, 0.15) is 52.7 Å². The zero-order valence-corrected chi connectivity index (χ0v) is 45.5. The fourth-order valence-electron chi connectivity index (χ4n) is 10.4. The Hall–Kier alpha value is -7.90. The van der Waals surface area contributed by atoms with Crippen LogP contribution in [0.5, 0.6) is 11.5 Å². The van der Waals surface area contributed by atoms with E-state index in [0.717, 1.165) is 72.6 Å². The third kappa shape index (κ3) is 8.56. The normalized spacial score (nSPS) is 12.7. The quantitative estimate of drug-likeness (QED) is 0.141. The van der Waals surface area contributed by atoms with E-state index in [1.807, 2.05) is 24.4 Å². The van der Waals surface area contributed by atoms with Gasteiger partial charge in [0.15, 0.2) is 0 Å². The Balaban J connectivity index is 0.00000569. The fraction of sp³-hybridized carbons (Fsp3) is 0.121. The van der Waals surface area contributed by atoms with Gasteiger partial charge in [-0.25, -0.2) is 15.0 Å². The van der Waals surface area contributed by atoms with Gasteiger partial charge in [0.1, 0.15) is 17.5 Å². The maximum atomic E-state index is 6.95. The summed E-state index contributed by atoms with van der Waals surface area (Å²) in [4.78, 5) is 19.3. The van der Waals surface area contributed by atoms with E-state index in [1.165, 1.54) is 31.1 Å². The summed E-state index contributed by atoms with van der Waals surface area (Å²) in [5.74, 6) is 3.35. The largest absolute Gasteiger partial charge is 0.509 e. The maximum absolute atomic E-state index is 6.95. The standard InChI is InChI=1S/C66H51N6OS.Pt/c1-65(2,3)47-23-15-22-46(36-47)54-26-16-25-53(45-21-14-20-44(35-45)42-17-8-7-9-18-42)60(54)71-41-70(63-64(71)69-34-33-68-63)49-37-48(66(4,5)6)38-51(39-49)73-50-29-30-55-56(40-50)72(58-27-12-13-32-67-58)61-59-52-24-11-10-19-43(52)28-31-57(59)74-62(55)61;/h7-38,41H,1-6H3;/q-3;. The molecule has 0 bridgehead atoms. The summed E-state index contributed by atoms with van der Waals surface area (Å²) in [6.07, 6.45) is 5.38. The first kappa shape index (κ1) is 48.1. The molecule has 13 rings (SSSR count). The summed E-state index contributed by atoms with van der Waals surface area (Å²) in [5, 5.41) is 4.72. The average Bonchev–Trinajstić information content (AvgIpc) is 4.10. The molecule has 370 valence electrons. The number of rotatable bonds is 8. The van der Waals surface area contributed by atoms with Crippen molar-refractivity contribution in [2.24, 2.45) is 0 Å². The molecule has 0 N–H and O–H groups in total. The van der Waals surface area contributed by atoms with Crippen molar-refractivity contribution in [3.8, 4) is 50.7 Å². The smallest absolute Gasteiger partial charge is 0.145 e. The zero-order valence-electron chi connectivity index (χ0n) is 42.4. The van der Waals surface area contributed by atoms with Crippen LogP contribution in [0, 0.1) is 18.8 Å². The van der Waals surface area contributed by atoms with Crippen molar-refractivity contribution in [3.05, 3.63) is 224 Å². The number of ether oxygens (including phenoxy) is 1. The van der Waals surface area contributed by atoms with Crippen LogP contribution in [0.15, 0.2) is 195 Å². The van der Waals surface area contributed by atoms with Crippen LogP contribution in [0.3, 0.4) is 0 Å². The van der Waals surface area contributed by atoms with Crippen LogP contribution in [-0.4, -0.2) is 19.5 Å². The molecule has 0 unspecified atom stereocenters. The van der Waals surface area contributed by atoms with Crippen LogP contribution in [0.4, 0.5) is 23.0 Å². The van der Waals surface area contributed by atoms with E-state index in [-0.39, 0.29) is 31.9 Å². The zero-order chi connectivity index (χ0) is 50.3. The van der Waals surface area contributed by atoms with Crippen LogP contribution < -0.4 is 14.5 Å². The second kappa shape index (κ2) is 18.8. The summed E-state index contributed by atoms with van der Waals surface area (Å²) < 4.78 is 11.6.